The van der Waals surface area contributed by atoms with Crippen molar-refractivity contribution in [1.29, 1.82) is 10.5 Å². The Kier molecular flexibility index (Phi) is 28.6. The number of rotatable bonds is 36. The molecular weight excluding hydrogens is 881 g/mol. The van der Waals surface area contributed by atoms with Crippen LogP contribution in [0.3, 0.4) is 0 Å². The zero-order chi connectivity index (χ0) is 52.2. The first kappa shape index (κ1) is 62.5. The molecule has 0 saturated carbocycles. The molecule has 0 unspecified atom stereocenters. The number of aryl methyl sites for hydroxylation is 2. The summed E-state index contributed by atoms with van der Waals surface area (Å²) in [6.07, 6.45) is 22.2. The van der Waals surface area contributed by atoms with Crippen molar-refractivity contribution in [2.24, 2.45) is 0 Å². The normalized spacial score (nSPS) is 16.4. The van der Waals surface area contributed by atoms with Gasteiger partial charge in [0.25, 0.3) is 0 Å². The predicted molar refractivity (Wildman–Crippen MR) is 294 cm³/mol. The Morgan fingerprint density at radius 2 is 0.704 bits per heavy atom. The molecule has 71 heavy (non-hydrogen) atoms. The molecule has 3 rings (SSSR count). The van der Waals surface area contributed by atoms with Gasteiger partial charge < -0.3 is 28.4 Å². The molecule has 1 fully saturated rings. The second-order valence-corrected chi connectivity index (χ2v) is 24.9. The third-order valence-corrected chi connectivity index (χ3v) is 14.1. The van der Waals surface area contributed by atoms with Gasteiger partial charge in [-0.3, -0.25) is 0 Å². The van der Waals surface area contributed by atoms with Gasteiger partial charge in [0.1, 0.15) is 12.2 Å². The van der Waals surface area contributed by atoms with Crippen LogP contribution < -0.4 is 0 Å². The van der Waals surface area contributed by atoms with Crippen LogP contribution in [0.25, 0.3) is 0 Å². The van der Waals surface area contributed by atoms with Crippen LogP contribution in [-0.2, 0) is 62.9 Å². The van der Waals surface area contributed by atoms with Crippen molar-refractivity contribution in [3.8, 4) is 12.1 Å². The van der Waals surface area contributed by atoms with Crippen molar-refractivity contribution >= 4 is 0 Å². The van der Waals surface area contributed by atoms with E-state index in [1.165, 1.54) is 71.9 Å². The zero-order valence-corrected chi connectivity index (χ0v) is 47.7. The van der Waals surface area contributed by atoms with E-state index >= 15 is 0 Å². The highest BCUT2D eigenvalue weighted by molar-refractivity contribution is 5.38. The van der Waals surface area contributed by atoms with Crippen LogP contribution >= 0.6 is 0 Å². The van der Waals surface area contributed by atoms with Crippen molar-refractivity contribution in [2.75, 3.05) is 52.9 Å². The van der Waals surface area contributed by atoms with Gasteiger partial charge in [-0.2, -0.15) is 10.5 Å². The lowest BCUT2D eigenvalue weighted by Crippen LogP contribution is -2.32. The van der Waals surface area contributed by atoms with Gasteiger partial charge in [0.05, 0.1) is 51.8 Å². The standard InChI is InChI=1S/C63H104N2O6/c1-59(2,3)53-43-51(44-54(47-53)60(4,5)6)31-23-15-13-17-25-33-63(34-26-18-14-16-24-32-52-45-55(61(7,8)9)48-56(46-52)62(10,11)12)70-57(49-68-41-39-66-37-29-21-19-27-35-64)58(71-63)50-69-42-40-67-38-30-22-20-28-36-65/h43-48,57-58H,13-34,37-42,49-50H2,1-12H3/t57-,58+. The Labute approximate surface area is 436 Å². The fourth-order valence-corrected chi connectivity index (χ4v) is 9.30. The lowest BCUT2D eigenvalue weighted by Gasteiger charge is -2.29. The minimum absolute atomic E-state index is 0.130. The van der Waals surface area contributed by atoms with Gasteiger partial charge in [-0.15, -0.1) is 0 Å². The van der Waals surface area contributed by atoms with Crippen molar-refractivity contribution in [3.05, 3.63) is 69.8 Å². The molecule has 1 saturated heterocycles. The van der Waals surface area contributed by atoms with E-state index in [2.05, 4.69) is 132 Å². The van der Waals surface area contributed by atoms with Gasteiger partial charge in [-0.05, 0) is 119 Å². The molecule has 0 radical (unpaired) electrons. The van der Waals surface area contributed by atoms with Crippen LogP contribution in [0.1, 0.15) is 245 Å². The summed E-state index contributed by atoms with van der Waals surface area (Å²) < 4.78 is 38.3. The zero-order valence-electron chi connectivity index (χ0n) is 47.7. The van der Waals surface area contributed by atoms with Crippen molar-refractivity contribution in [3.63, 3.8) is 0 Å². The number of hydrogen-bond donors (Lipinski definition) is 0. The van der Waals surface area contributed by atoms with Crippen molar-refractivity contribution < 1.29 is 28.4 Å². The second kappa shape index (κ2) is 32.5. The average molecular weight is 986 g/mol. The maximum atomic E-state index is 8.82. The summed E-state index contributed by atoms with van der Waals surface area (Å²) >= 11 is 0. The molecule has 8 heteroatoms. The molecular formula is C63H104N2O6. The maximum Gasteiger partial charge on any atom is 0.169 e. The molecule has 0 bridgehead atoms. The lowest BCUT2D eigenvalue weighted by molar-refractivity contribution is -0.193. The summed E-state index contributed by atoms with van der Waals surface area (Å²) in [6.45, 7) is 32.2. The number of nitrogens with zero attached hydrogens (tertiary/aromatic N) is 2. The molecule has 1 heterocycles. The number of benzene rings is 2. The third-order valence-electron chi connectivity index (χ3n) is 14.1. The lowest BCUT2D eigenvalue weighted by atomic mass is 9.79. The Balaban J connectivity index is 1.63. The monoisotopic (exact) mass is 985 g/mol. The minimum atomic E-state index is -0.657. The van der Waals surface area contributed by atoms with Crippen LogP contribution in [0.15, 0.2) is 36.4 Å². The van der Waals surface area contributed by atoms with Gasteiger partial charge in [-0.1, -0.05) is 171 Å². The highest BCUT2D eigenvalue weighted by atomic mass is 16.8. The quantitative estimate of drug-likeness (QED) is 0.0622. The number of unbranched alkanes of at least 4 members (excludes halogenated alkanes) is 14. The average Bonchev–Trinajstić information content (AvgIpc) is 3.64. The van der Waals surface area contributed by atoms with Gasteiger partial charge in [0.15, 0.2) is 5.79 Å². The molecule has 1 aliphatic rings. The first-order chi connectivity index (χ1) is 33.7. The van der Waals surface area contributed by atoms with E-state index in [1.807, 2.05) is 0 Å². The SMILES string of the molecule is CC(C)(C)c1cc(CCCCCCCC2(CCCCCCCc3cc(C(C)(C)C)cc(C(C)(C)C)c3)O[C@@H](COCCOCCCCCC#N)[C@@H](COCCOCCCCCC#N)O2)cc(C(C)(C)C)c1. The van der Waals surface area contributed by atoms with Crippen LogP contribution in [0.5, 0.6) is 0 Å². The summed E-state index contributed by atoms with van der Waals surface area (Å²) in [5, 5.41) is 17.6. The second-order valence-electron chi connectivity index (χ2n) is 24.9. The smallest absolute Gasteiger partial charge is 0.169 e. The third kappa shape index (κ3) is 25.8. The highest BCUT2D eigenvalue weighted by Gasteiger charge is 2.47. The number of nitriles is 2. The molecule has 1 aliphatic heterocycles. The molecule has 0 N–H and O–H groups in total. The molecule has 2 aromatic rings. The molecule has 2 aromatic carbocycles. The van der Waals surface area contributed by atoms with Crippen LogP contribution in [0.2, 0.25) is 0 Å². The largest absolute Gasteiger partial charge is 0.379 e. The Hall–Kier alpha value is -2.82. The summed E-state index contributed by atoms with van der Waals surface area (Å²) in [5.41, 5.74) is 9.20. The Morgan fingerprint density at radius 1 is 0.394 bits per heavy atom. The van der Waals surface area contributed by atoms with Gasteiger partial charge in [-0.25, -0.2) is 0 Å². The van der Waals surface area contributed by atoms with E-state index in [4.69, 9.17) is 38.9 Å². The minimum Gasteiger partial charge on any atom is -0.379 e. The Bertz CT molecular complexity index is 1630. The summed E-state index contributed by atoms with van der Waals surface area (Å²) in [7, 11) is 0. The van der Waals surface area contributed by atoms with Crippen molar-refractivity contribution in [1.82, 2.24) is 0 Å². The number of hydrogen-bond acceptors (Lipinski definition) is 8. The van der Waals surface area contributed by atoms with Gasteiger partial charge in [0.2, 0.25) is 0 Å². The van der Waals surface area contributed by atoms with Crippen LogP contribution in [0, 0.1) is 22.7 Å². The topological polar surface area (TPSA) is 103 Å². The Morgan fingerprint density at radius 3 is 1.04 bits per heavy atom. The van der Waals surface area contributed by atoms with Crippen LogP contribution in [-0.4, -0.2) is 70.9 Å². The predicted octanol–water partition coefficient (Wildman–Crippen LogP) is 16.1. The first-order valence-electron chi connectivity index (χ1n) is 28.4. The van der Waals surface area contributed by atoms with E-state index < -0.39 is 5.79 Å². The fraction of sp³-hybridized carbons (Fsp3) is 0.778. The molecule has 8 nitrogen and oxygen atoms in total. The molecule has 0 spiro atoms. The summed E-state index contributed by atoms with van der Waals surface area (Å²) in [6, 6.07) is 19.1. The number of ether oxygens (including phenoxy) is 6. The summed E-state index contributed by atoms with van der Waals surface area (Å²) in [4.78, 5) is 0. The molecule has 0 aromatic heterocycles. The van der Waals surface area contributed by atoms with Crippen LogP contribution in [0.4, 0.5) is 0 Å². The van der Waals surface area contributed by atoms with Gasteiger partial charge >= 0.3 is 0 Å². The maximum absolute atomic E-state index is 8.82. The molecule has 2 atom stereocenters. The van der Waals surface area contributed by atoms with Gasteiger partial charge in [0, 0.05) is 38.9 Å². The van der Waals surface area contributed by atoms with E-state index in [0.29, 0.717) is 65.7 Å². The van der Waals surface area contributed by atoms with E-state index in [1.54, 1.807) is 0 Å². The van der Waals surface area contributed by atoms with E-state index in [0.717, 1.165) is 89.9 Å². The van der Waals surface area contributed by atoms with Crippen molar-refractivity contribution in [2.45, 2.75) is 264 Å². The fourth-order valence-electron chi connectivity index (χ4n) is 9.30. The molecule has 0 amide bonds. The summed E-state index contributed by atoms with van der Waals surface area (Å²) in [5.74, 6) is -0.657. The highest BCUT2D eigenvalue weighted by Crippen LogP contribution is 2.39. The first-order valence-corrected chi connectivity index (χ1v) is 28.4. The van der Waals surface area contributed by atoms with E-state index in [9.17, 15) is 0 Å². The molecule has 0 aliphatic carbocycles. The molecule has 402 valence electrons. The van der Waals surface area contributed by atoms with E-state index in [-0.39, 0.29) is 33.9 Å².